The largest absolute Gasteiger partial charge is 0.355 e. The highest BCUT2D eigenvalue weighted by molar-refractivity contribution is 5.85. The van der Waals surface area contributed by atoms with Crippen molar-refractivity contribution in [3.63, 3.8) is 0 Å². The van der Waals surface area contributed by atoms with Crippen LogP contribution in [0.4, 0.5) is 4.39 Å². The number of alkyl halides is 1. The van der Waals surface area contributed by atoms with Crippen LogP contribution in [-0.2, 0) is 4.79 Å². The molecule has 0 aromatic carbocycles. The lowest BCUT2D eigenvalue weighted by Gasteiger charge is -2.19. The van der Waals surface area contributed by atoms with Crippen molar-refractivity contribution in [1.82, 2.24) is 10.6 Å². The van der Waals surface area contributed by atoms with E-state index in [1.54, 1.807) is 0 Å². The van der Waals surface area contributed by atoms with E-state index >= 15 is 0 Å². The van der Waals surface area contributed by atoms with E-state index < -0.39 is 6.17 Å². The van der Waals surface area contributed by atoms with Crippen LogP contribution in [-0.4, -0.2) is 31.2 Å². The second kappa shape index (κ2) is 6.40. The fraction of sp³-hybridized carbons (Fsp3) is 0.909. The van der Waals surface area contributed by atoms with Crippen LogP contribution in [0.3, 0.4) is 0 Å². The molecule has 1 aliphatic rings. The number of amides is 1. The van der Waals surface area contributed by atoms with E-state index in [0.29, 0.717) is 19.5 Å². The molecule has 2 N–H and O–H groups in total. The molecule has 1 saturated heterocycles. The number of carbonyl (C=O) groups is 1. The fourth-order valence-corrected chi connectivity index (χ4v) is 1.58. The molecular weight excluding hydrogens is 231 g/mol. The molecule has 0 unspecified atom stereocenters. The van der Waals surface area contributed by atoms with Gasteiger partial charge < -0.3 is 10.6 Å². The second-order valence-electron chi connectivity index (χ2n) is 5.40. The Morgan fingerprint density at radius 2 is 2.12 bits per heavy atom. The second-order valence-corrected chi connectivity index (χ2v) is 5.40. The molecule has 0 saturated carbocycles. The third-order valence-corrected chi connectivity index (χ3v) is 2.57. The van der Waals surface area contributed by atoms with Crippen LogP contribution in [0.2, 0.25) is 0 Å². The van der Waals surface area contributed by atoms with Crippen molar-refractivity contribution < 1.29 is 9.18 Å². The van der Waals surface area contributed by atoms with Gasteiger partial charge in [0, 0.05) is 19.5 Å². The predicted octanol–water partition coefficient (Wildman–Crippen LogP) is 1.66. The quantitative estimate of drug-likeness (QED) is 0.802. The molecule has 1 aliphatic heterocycles. The van der Waals surface area contributed by atoms with E-state index in [9.17, 15) is 9.18 Å². The summed E-state index contributed by atoms with van der Waals surface area (Å²) in [5.74, 6) is -0.0700. The Kier molecular flexibility index (Phi) is 6.26. The first-order valence-electron chi connectivity index (χ1n) is 5.54. The summed E-state index contributed by atoms with van der Waals surface area (Å²) in [4.78, 5) is 11.5. The molecule has 1 heterocycles. The zero-order valence-electron chi connectivity index (χ0n) is 10.2. The molecule has 1 amide bonds. The summed E-state index contributed by atoms with van der Waals surface area (Å²) in [5.41, 5.74) is 0.221. The highest BCUT2D eigenvalue weighted by Gasteiger charge is 2.28. The lowest BCUT2D eigenvalue weighted by atomic mass is 9.92. The Labute approximate surface area is 103 Å². The molecule has 3 nitrogen and oxygen atoms in total. The Hall–Kier alpha value is -0.350. The van der Waals surface area contributed by atoms with Crippen molar-refractivity contribution in [3.05, 3.63) is 0 Å². The molecule has 1 rings (SSSR count). The molecule has 1 fully saturated rings. The zero-order chi connectivity index (χ0) is 11.5. The molecule has 16 heavy (non-hydrogen) atoms. The molecule has 2 atom stereocenters. The van der Waals surface area contributed by atoms with Gasteiger partial charge in [-0.3, -0.25) is 4.79 Å². The average molecular weight is 253 g/mol. The Balaban J connectivity index is 0.00000225. The SMILES string of the molecule is CC(C)(C)CCNC(=O)[C@H]1C[C@H](F)CN1.Cl. The van der Waals surface area contributed by atoms with E-state index in [1.165, 1.54) is 0 Å². The van der Waals surface area contributed by atoms with Gasteiger partial charge in [-0.2, -0.15) is 0 Å². The summed E-state index contributed by atoms with van der Waals surface area (Å²) in [6, 6.07) is -0.333. The van der Waals surface area contributed by atoms with Gasteiger partial charge in [0.25, 0.3) is 0 Å². The number of hydrogen-bond acceptors (Lipinski definition) is 2. The van der Waals surface area contributed by atoms with Crippen LogP contribution in [0.15, 0.2) is 0 Å². The van der Waals surface area contributed by atoms with Gasteiger partial charge in [0.05, 0.1) is 6.04 Å². The van der Waals surface area contributed by atoms with Gasteiger partial charge >= 0.3 is 0 Å². The molecule has 96 valence electrons. The molecule has 5 heteroatoms. The van der Waals surface area contributed by atoms with Crippen LogP contribution >= 0.6 is 12.4 Å². The number of nitrogens with one attached hydrogen (secondary N) is 2. The maximum atomic E-state index is 12.8. The Bertz CT molecular complexity index is 231. The summed E-state index contributed by atoms with van der Waals surface area (Å²) < 4.78 is 12.8. The minimum absolute atomic E-state index is 0. The highest BCUT2D eigenvalue weighted by Crippen LogP contribution is 2.17. The summed E-state index contributed by atoms with van der Waals surface area (Å²) in [5, 5.41) is 5.70. The molecule has 0 bridgehead atoms. The van der Waals surface area contributed by atoms with Crippen molar-refractivity contribution in [2.24, 2.45) is 5.41 Å². The van der Waals surface area contributed by atoms with Gasteiger partial charge in [-0.1, -0.05) is 20.8 Å². The molecule has 0 aromatic rings. The molecule has 0 aromatic heterocycles. The van der Waals surface area contributed by atoms with Gasteiger partial charge in [0.15, 0.2) is 0 Å². The van der Waals surface area contributed by atoms with Crippen LogP contribution < -0.4 is 10.6 Å². The first kappa shape index (κ1) is 15.7. The number of rotatable bonds is 3. The monoisotopic (exact) mass is 252 g/mol. The standard InChI is InChI=1S/C11H21FN2O.ClH/c1-11(2,3)4-5-13-10(15)9-6-8(12)7-14-9;/h8-9,14H,4-7H2,1-3H3,(H,13,15);1H/t8-,9+;/m0./s1. The van der Waals surface area contributed by atoms with Crippen LogP contribution in [0.5, 0.6) is 0 Å². The molecule has 0 radical (unpaired) electrons. The summed E-state index contributed by atoms with van der Waals surface area (Å²) in [6.07, 6.45) is 0.370. The lowest BCUT2D eigenvalue weighted by molar-refractivity contribution is -0.122. The number of halogens is 2. The number of carbonyl (C=O) groups excluding carboxylic acids is 1. The minimum atomic E-state index is -0.872. The van der Waals surface area contributed by atoms with Gasteiger partial charge in [0.1, 0.15) is 6.17 Å². The Morgan fingerprint density at radius 1 is 1.50 bits per heavy atom. The van der Waals surface area contributed by atoms with Crippen molar-refractivity contribution >= 4 is 18.3 Å². The van der Waals surface area contributed by atoms with Crippen molar-refractivity contribution in [1.29, 1.82) is 0 Å². The van der Waals surface area contributed by atoms with Gasteiger partial charge in [-0.25, -0.2) is 4.39 Å². The topological polar surface area (TPSA) is 41.1 Å². The van der Waals surface area contributed by atoms with Crippen LogP contribution in [0.25, 0.3) is 0 Å². The zero-order valence-corrected chi connectivity index (χ0v) is 11.0. The molecule has 0 spiro atoms. The van der Waals surface area contributed by atoms with Crippen LogP contribution in [0, 0.1) is 5.41 Å². The molecular formula is C11H22ClFN2O. The van der Waals surface area contributed by atoms with Crippen molar-refractivity contribution in [2.45, 2.75) is 45.8 Å². The van der Waals surface area contributed by atoms with Gasteiger partial charge in [-0.15, -0.1) is 12.4 Å². The third kappa shape index (κ3) is 5.66. The first-order valence-corrected chi connectivity index (χ1v) is 5.54. The van der Waals surface area contributed by atoms with E-state index in [1.807, 2.05) is 0 Å². The number of hydrogen-bond donors (Lipinski definition) is 2. The van der Waals surface area contributed by atoms with E-state index in [0.717, 1.165) is 6.42 Å². The van der Waals surface area contributed by atoms with Crippen molar-refractivity contribution in [2.75, 3.05) is 13.1 Å². The van der Waals surface area contributed by atoms with Gasteiger partial charge in [0.2, 0.25) is 5.91 Å². The normalized spacial score (nSPS) is 25.0. The fourth-order valence-electron chi connectivity index (χ4n) is 1.58. The minimum Gasteiger partial charge on any atom is -0.355 e. The summed E-state index contributed by atoms with van der Waals surface area (Å²) in [6.45, 7) is 7.36. The Morgan fingerprint density at radius 3 is 2.56 bits per heavy atom. The molecule has 0 aliphatic carbocycles. The predicted molar refractivity (Wildman–Crippen MR) is 65.6 cm³/mol. The van der Waals surface area contributed by atoms with E-state index in [2.05, 4.69) is 31.4 Å². The average Bonchev–Trinajstić information content (AvgIpc) is 2.49. The van der Waals surface area contributed by atoms with Crippen LogP contribution in [0.1, 0.15) is 33.6 Å². The lowest BCUT2D eigenvalue weighted by Crippen LogP contribution is -2.41. The first-order chi connectivity index (χ1) is 6.88. The van der Waals surface area contributed by atoms with E-state index in [4.69, 9.17) is 0 Å². The summed E-state index contributed by atoms with van der Waals surface area (Å²) >= 11 is 0. The highest BCUT2D eigenvalue weighted by atomic mass is 35.5. The third-order valence-electron chi connectivity index (χ3n) is 2.57. The van der Waals surface area contributed by atoms with E-state index in [-0.39, 0.29) is 29.8 Å². The van der Waals surface area contributed by atoms with Gasteiger partial charge in [-0.05, 0) is 11.8 Å². The smallest absolute Gasteiger partial charge is 0.237 e. The maximum Gasteiger partial charge on any atom is 0.237 e. The van der Waals surface area contributed by atoms with Crippen molar-refractivity contribution in [3.8, 4) is 0 Å². The summed E-state index contributed by atoms with van der Waals surface area (Å²) in [7, 11) is 0. The maximum absolute atomic E-state index is 12.8.